The summed E-state index contributed by atoms with van der Waals surface area (Å²) in [6.45, 7) is 3.88. The summed E-state index contributed by atoms with van der Waals surface area (Å²) in [7, 11) is 0. The lowest BCUT2D eigenvalue weighted by Gasteiger charge is -2.26. The van der Waals surface area contributed by atoms with Gasteiger partial charge in [0.25, 0.3) is 0 Å². The Bertz CT molecular complexity index is 298. The quantitative estimate of drug-likeness (QED) is 0.628. The van der Waals surface area contributed by atoms with Gasteiger partial charge in [-0.15, -0.1) is 0 Å². The summed E-state index contributed by atoms with van der Waals surface area (Å²) in [6, 6.07) is 0. The maximum absolute atomic E-state index is 11.9. The second-order valence-electron chi connectivity index (χ2n) is 5.35. The van der Waals surface area contributed by atoms with Gasteiger partial charge in [0.05, 0.1) is 6.42 Å². The van der Waals surface area contributed by atoms with E-state index in [0.717, 1.165) is 32.1 Å². The smallest absolute Gasteiger partial charge is 0.303 e. The number of carboxylic acid groups (broad SMARTS) is 1. The van der Waals surface area contributed by atoms with Gasteiger partial charge < -0.3 is 15.2 Å². The predicted molar refractivity (Wildman–Crippen MR) is 71.9 cm³/mol. The summed E-state index contributed by atoms with van der Waals surface area (Å²) in [4.78, 5) is 22.8. The number of carboxylic acids is 1. The van der Waals surface area contributed by atoms with Gasteiger partial charge in [0.2, 0.25) is 5.91 Å². The van der Waals surface area contributed by atoms with Crippen LogP contribution in [0.4, 0.5) is 0 Å². The molecule has 1 fully saturated rings. The van der Waals surface area contributed by atoms with E-state index in [0.29, 0.717) is 26.2 Å². The van der Waals surface area contributed by atoms with E-state index in [2.05, 4.69) is 5.32 Å². The van der Waals surface area contributed by atoms with Gasteiger partial charge in [-0.25, -0.2) is 0 Å². The first-order valence-electron chi connectivity index (χ1n) is 7.14. The number of rotatable bonds is 9. The summed E-state index contributed by atoms with van der Waals surface area (Å²) in [5.41, 5.74) is -0.310. The standard InChI is InChI=1S/C14H25NO4/c1-2-19-9-5-8-15-12(16)10-14(11-13(17)18)6-3-4-7-14/h2-11H2,1H3,(H,15,16)(H,17,18). The molecule has 0 aromatic rings. The molecule has 0 heterocycles. The van der Waals surface area contributed by atoms with Crippen molar-refractivity contribution >= 4 is 11.9 Å². The number of carbonyl (C=O) groups excluding carboxylic acids is 1. The normalized spacial score (nSPS) is 17.3. The first-order chi connectivity index (χ1) is 9.08. The van der Waals surface area contributed by atoms with Crippen LogP contribution in [0.1, 0.15) is 51.9 Å². The average molecular weight is 271 g/mol. The van der Waals surface area contributed by atoms with E-state index in [4.69, 9.17) is 9.84 Å². The predicted octanol–water partition coefficient (Wildman–Crippen LogP) is 1.95. The zero-order chi connectivity index (χ0) is 14.1. The third-order valence-corrected chi connectivity index (χ3v) is 3.72. The largest absolute Gasteiger partial charge is 0.481 e. The molecule has 1 aliphatic carbocycles. The van der Waals surface area contributed by atoms with Gasteiger partial charge in [0.15, 0.2) is 0 Å². The topological polar surface area (TPSA) is 75.6 Å². The van der Waals surface area contributed by atoms with Crippen LogP contribution >= 0.6 is 0 Å². The summed E-state index contributed by atoms with van der Waals surface area (Å²) in [5.74, 6) is -0.828. The Morgan fingerprint density at radius 3 is 2.53 bits per heavy atom. The molecule has 0 aromatic heterocycles. The van der Waals surface area contributed by atoms with Crippen LogP contribution in [-0.2, 0) is 14.3 Å². The molecule has 1 aliphatic rings. The molecule has 110 valence electrons. The van der Waals surface area contributed by atoms with Crippen LogP contribution in [-0.4, -0.2) is 36.7 Å². The van der Waals surface area contributed by atoms with Crippen molar-refractivity contribution in [1.82, 2.24) is 5.32 Å². The first kappa shape index (κ1) is 16.0. The summed E-state index contributed by atoms with van der Waals surface area (Å²) >= 11 is 0. The van der Waals surface area contributed by atoms with E-state index in [1.54, 1.807) is 0 Å². The second kappa shape index (κ2) is 8.15. The summed E-state index contributed by atoms with van der Waals surface area (Å²) in [6.07, 6.45) is 5.02. The summed E-state index contributed by atoms with van der Waals surface area (Å²) in [5, 5.41) is 11.8. The zero-order valence-electron chi connectivity index (χ0n) is 11.7. The molecule has 0 aliphatic heterocycles. The van der Waals surface area contributed by atoms with E-state index in [9.17, 15) is 9.59 Å². The molecule has 0 bridgehead atoms. The van der Waals surface area contributed by atoms with E-state index in [-0.39, 0.29) is 17.7 Å². The number of aliphatic carboxylic acids is 1. The minimum absolute atomic E-state index is 0.0281. The minimum atomic E-state index is -0.800. The van der Waals surface area contributed by atoms with Crippen molar-refractivity contribution in [2.45, 2.75) is 51.9 Å². The Balaban J connectivity index is 2.29. The Morgan fingerprint density at radius 1 is 1.26 bits per heavy atom. The number of carbonyl (C=O) groups is 2. The Hall–Kier alpha value is -1.10. The molecule has 0 radical (unpaired) electrons. The molecule has 0 atom stereocenters. The Kier molecular flexibility index (Phi) is 6.84. The molecule has 1 rings (SSSR count). The van der Waals surface area contributed by atoms with E-state index in [1.165, 1.54) is 0 Å². The maximum atomic E-state index is 11.9. The molecular weight excluding hydrogens is 246 g/mol. The Morgan fingerprint density at radius 2 is 1.95 bits per heavy atom. The van der Waals surface area contributed by atoms with Gasteiger partial charge in [0.1, 0.15) is 0 Å². The lowest BCUT2D eigenvalue weighted by atomic mass is 9.79. The van der Waals surface area contributed by atoms with Crippen LogP contribution in [0.15, 0.2) is 0 Å². The average Bonchev–Trinajstić information content (AvgIpc) is 2.76. The lowest BCUT2D eigenvalue weighted by molar-refractivity contribution is -0.140. The van der Waals surface area contributed by atoms with Crippen molar-refractivity contribution in [3.63, 3.8) is 0 Å². The fourth-order valence-corrected chi connectivity index (χ4v) is 2.81. The van der Waals surface area contributed by atoms with Gasteiger partial charge in [-0.2, -0.15) is 0 Å². The molecule has 1 amide bonds. The Labute approximate surface area is 114 Å². The highest BCUT2D eigenvalue weighted by Crippen LogP contribution is 2.43. The van der Waals surface area contributed by atoms with Gasteiger partial charge in [0, 0.05) is 26.2 Å². The van der Waals surface area contributed by atoms with Crippen LogP contribution in [0.25, 0.3) is 0 Å². The van der Waals surface area contributed by atoms with Gasteiger partial charge in [-0.3, -0.25) is 9.59 Å². The molecule has 0 aromatic carbocycles. The number of amides is 1. The SMILES string of the molecule is CCOCCCNC(=O)CC1(CC(=O)O)CCCC1. The number of nitrogens with one attached hydrogen (secondary N) is 1. The van der Waals surface area contributed by atoms with Crippen molar-refractivity contribution in [3.8, 4) is 0 Å². The first-order valence-corrected chi connectivity index (χ1v) is 7.14. The summed E-state index contributed by atoms with van der Waals surface area (Å²) < 4.78 is 5.19. The fourth-order valence-electron chi connectivity index (χ4n) is 2.81. The number of ether oxygens (including phenoxy) is 1. The van der Waals surface area contributed by atoms with E-state index in [1.807, 2.05) is 6.92 Å². The van der Waals surface area contributed by atoms with Crippen molar-refractivity contribution in [2.75, 3.05) is 19.8 Å². The number of hydrogen-bond donors (Lipinski definition) is 2. The van der Waals surface area contributed by atoms with Crippen LogP contribution in [0.2, 0.25) is 0 Å². The third-order valence-electron chi connectivity index (χ3n) is 3.72. The zero-order valence-corrected chi connectivity index (χ0v) is 11.7. The van der Waals surface area contributed by atoms with Crippen molar-refractivity contribution in [2.24, 2.45) is 5.41 Å². The second-order valence-corrected chi connectivity index (χ2v) is 5.35. The van der Waals surface area contributed by atoms with Crippen molar-refractivity contribution in [3.05, 3.63) is 0 Å². The third kappa shape index (κ3) is 6.05. The molecule has 2 N–H and O–H groups in total. The highest BCUT2D eigenvalue weighted by molar-refractivity contribution is 5.78. The molecular formula is C14H25NO4. The molecule has 5 nitrogen and oxygen atoms in total. The van der Waals surface area contributed by atoms with Crippen molar-refractivity contribution < 1.29 is 19.4 Å². The van der Waals surface area contributed by atoms with Gasteiger partial charge in [-0.1, -0.05) is 12.8 Å². The van der Waals surface area contributed by atoms with Crippen LogP contribution in [0.5, 0.6) is 0 Å². The van der Waals surface area contributed by atoms with E-state index >= 15 is 0 Å². The molecule has 0 unspecified atom stereocenters. The molecule has 19 heavy (non-hydrogen) atoms. The van der Waals surface area contributed by atoms with E-state index < -0.39 is 5.97 Å². The molecule has 0 saturated heterocycles. The lowest BCUT2D eigenvalue weighted by Crippen LogP contribution is -2.32. The van der Waals surface area contributed by atoms with Gasteiger partial charge >= 0.3 is 5.97 Å². The number of hydrogen-bond acceptors (Lipinski definition) is 3. The molecule has 5 heteroatoms. The van der Waals surface area contributed by atoms with Crippen molar-refractivity contribution in [1.29, 1.82) is 0 Å². The van der Waals surface area contributed by atoms with Gasteiger partial charge in [-0.05, 0) is 31.6 Å². The van der Waals surface area contributed by atoms with Crippen LogP contribution < -0.4 is 5.32 Å². The molecule has 1 saturated carbocycles. The highest BCUT2D eigenvalue weighted by Gasteiger charge is 2.37. The molecule has 0 spiro atoms. The highest BCUT2D eigenvalue weighted by atomic mass is 16.5. The van der Waals surface area contributed by atoms with Crippen LogP contribution in [0.3, 0.4) is 0 Å². The minimum Gasteiger partial charge on any atom is -0.481 e. The maximum Gasteiger partial charge on any atom is 0.303 e. The fraction of sp³-hybridized carbons (Fsp3) is 0.857. The van der Waals surface area contributed by atoms with Crippen LogP contribution in [0, 0.1) is 5.41 Å². The monoisotopic (exact) mass is 271 g/mol.